The highest BCUT2D eigenvalue weighted by molar-refractivity contribution is 6.34. The van der Waals surface area contributed by atoms with Gasteiger partial charge in [-0.25, -0.2) is 0 Å². The maximum atomic E-state index is 13.0. The van der Waals surface area contributed by atoms with Crippen LogP contribution < -0.4 is 5.32 Å². The molecule has 2 aromatic heterocycles. The van der Waals surface area contributed by atoms with Gasteiger partial charge in [0, 0.05) is 7.05 Å². The fourth-order valence-electron chi connectivity index (χ4n) is 3.08. The Hall–Kier alpha value is -2.81. The van der Waals surface area contributed by atoms with Crippen LogP contribution >= 0.6 is 11.6 Å². The first-order valence-electron chi connectivity index (χ1n) is 8.70. The first-order valence-corrected chi connectivity index (χ1v) is 9.08. The van der Waals surface area contributed by atoms with Gasteiger partial charge in [-0.15, -0.1) is 0 Å². The van der Waals surface area contributed by atoms with Crippen LogP contribution in [0, 0.1) is 20.8 Å². The number of benzene rings is 1. The van der Waals surface area contributed by atoms with Crippen LogP contribution in [-0.4, -0.2) is 25.5 Å². The summed E-state index contributed by atoms with van der Waals surface area (Å²) in [7, 11) is 1.23. The SMILES string of the molecule is Cc1ccccc1Cn1nc(C)c(NC(=O)c2c(Cl)c(C(F)(F)F)nn2C)c1C. The maximum Gasteiger partial charge on any atom is 0.436 e. The van der Waals surface area contributed by atoms with Crippen LogP contribution in [0.1, 0.15) is 38.7 Å². The molecule has 1 amide bonds. The Kier molecular flexibility index (Phi) is 5.44. The van der Waals surface area contributed by atoms with Crippen LogP contribution in [0.5, 0.6) is 0 Å². The molecule has 1 aromatic carbocycles. The van der Waals surface area contributed by atoms with Crippen molar-refractivity contribution in [1.29, 1.82) is 0 Å². The minimum atomic E-state index is -4.75. The van der Waals surface area contributed by atoms with Gasteiger partial charge >= 0.3 is 6.18 Å². The van der Waals surface area contributed by atoms with Gasteiger partial charge < -0.3 is 5.32 Å². The van der Waals surface area contributed by atoms with Crippen molar-refractivity contribution in [2.24, 2.45) is 7.05 Å². The number of anilines is 1. The highest BCUT2D eigenvalue weighted by Gasteiger charge is 2.39. The van der Waals surface area contributed by atoms with Gasteiger partial charge in [-0.1, -0.05) is 35.9 Å². The van der Waals surface area contributed by atoms with Gasteiger partial charge in [-0.2, -0.15) is 23.4 Å². The summed E-state index contributed by atoms with van der Waals surface area (Å²) < 4.78 is 41.6. The summed E-state index contributed by atoms with van der Waals surface area (Å²) in [4.78, 5) is 12.7. The average Bonchev–Trinajstić information content (AvgIpc) is 3.07. The molecule has 0 aliphatic carbocycles. The summed E-state index contributed by atoms with van der Waals surface area (Å²) in [5.74, 6) is -0.790. The fourth-order valence-corrected chi connectivity index (χ4v) is 3.43. The molecule has 0 unspecified atom stereocenters. The number of nitrogens with one attached hydrogen (secondary N) is 1. The number of carbonyl (C=O) groups excluding carboxylic acids is 1. The van der Waals surface area contributed by atoms with Crippen molar-refractivity contribution in [3.8, 4) is 0 Å². The summed E-state index contributed by atoms with van der Waals surface area (Å²) in [6.07, 6.45) is -4.75. The van der Waals surface area contributed by atoms with Crippen molar-refractivity contribution in [3.05, 3.63) is 63.2 Å². The first kappa shape index (κ1) is 20.9. The van der Waals surface area contributed by atoms with E-state index in [0.717, 1.165) is 15.8 Å². The first-order chi connectivity index (χ1) is 13.5. The van der Waals surface area contributed by atoms with Gasteiger partial charge in [0.2, 0.25) is 0 Å². The van der Waals surface area contributed by atoms with Gasteiger partial charge in [0.05, 0.1) is 23.6 Å². The molecule has 0 bridgehead atoms. The molecule has 0 spiro atoms. The number of amides is 1. The summed E-state index contributed by atoms with van der Waals surface area (Å²) in [6.45, 7) is 5.98. The standard InChI is InChI=1S/C19H19ClF3N5O/c1-10-7-5-6-8-13(10)9-28-12(3)15(11(2)25-28)24-18(29)16-14(20)17(19(21,22)23)26-27(16)4/h5-8H,9H2,1-4H3,(H,24,29). The number of aromatic nitrogens is 4. The lowest BCUT2D eigenvalue weighted by Gasteiger charge is -2.09. The van der Waals surface area contributed by atoms with Crippen molar-refractivity contribution in [3.63, 3.8) is 0 Å². The van der Waals surface area contributed by atoms with Gasteiger partial charge in [-0.05, 0) is 31.9 Å². The molecule has 6 nitrogen and oxygen atoms in total. The number of carbonyl (C=O) groups is 1. The van der Waals surface area contributed by atoms with Crippen molar-refractivity contribution in [2.45, 2.75) is 33.5 Å². The molecule has 0 aliphatic heterocycles. The largest absolute Gasteiger partial charge is 0.436 e. The molecule has 0 fully saturated rings. The topological polar surface area (TPSA) is 64.7 Å². The van der Waals surface area contributed by atoms with Gasteiger partial charge in [0.25, 0.3) is 5.91 Å². The molecule has 154 valence electrons. The van der Waals surface area contributed by atoms with E-state index in [0.29, 0.717) is 23.6 Å². The van der Waals surface area contributed by atoms with Crippen LogP contribution in [0.3, 0.4) is 0 Å². The third-order valence-corrected chi connectivity index (χ3v) is 5.03. The average molecular weight is 426 g/mol. The molecular weight excluding hydrogens is 407 g/mol. The van der Waals surface area contributed by atoms with E-state index >= 15 is 0 Å². The Morgan fingerprint density at radius 2 is 1.83 bits per heavy atom. The summed E-state index contributed by atoms with van der Waals surface area (Å²) in [6, 6.07) is 7.85. The predicted octanol–water partition coefficient (Wildman–Crippen LogP) is 4.51. The molecule has 10 heteroatoms. The minimum Gasteiger partial charge on any atom is -0.317 e. The normalized spacial score (nSPS) is 11.7. The van der Waals surface area contributed by atoms with E-state index in [-0.39, 0.29) is 5.69 Å². The molecule has 0 saturated carbocycles. The van der Waals surface area contributed by atoms with Crippen molar-refractivity contribution >= 4 is 23.2 Å². The lowest BCUT2D eigenvalue weighted by molar-refractivity contribution is -0.141. The molecule has 0 radical (unpaired) electrons. The van der Waals surface area contributed by atoms with E-state index in [9.17, 15) is 18.0 Å². The monoisotopic (exact) mass is 425 g/mol. The Morgan fingerprint density at radius 3 is 2.41 bits per heavy atom. The number of hydrogen-bond acceptors (Lipinski definition) is 3. The third kappa shape index (κ3) is 4.00. The number of alkyl halides is 3. The van der Waals surface area contributed by atoms with E-state index in [4.69, 9.17) is 11.6 Å². The van der Waals surface area contributed by atoms with E-state index in [2.05, 4.69) is 15.5 Å². The third-order valence-electron chi connectivity index (χ3n) is 4.67. The molecule has 3 rings (SSSR count). The predicted molar refractivity (Wildman–Crippen MR) is 103 cm³/mol. The number of hydrogen-bond donors (Lipinski definition) is 1. The summed E-state index contributed by atoms with van der Waals surface area (Å²) >= 11 is 5.80. The zero-order chi connectivity index (χ0) is 21.5. The van der Waals surface area contributed by atoms with Crippen LogP contribution in [0.15, 0.2) is 24.3 Å². The number of aryl methyl sites for hydroxylation is 3. The summed E-state index contributed by atoms with van der Waals surface area (Å²) in [5.41, 5.74) is 2.15. The zero-order valence-electron chi connectivity index (χ0n) is 16.2. The van der Waals surface area contributed by atoms with Crippen LogP contribution in [-0.2, 0) is 19.8 Å². The lowest BCUT2D eigenvalue weighted by atomic mass is 10.1. The molecule has 29 heavy (non-hydrogen) atoms. The minimum absolute atomic E-state index is 0.371. The van der Waals surface area contributed by atoms with Crippen LogP contribution in [0.25, 0.3) is 0 Å². The number of rotatable bonds is 4. The quantitative estimate of drug-likeness (QED) is 0.668. The molecule has 2 heterocycles. The zero-order valence-corrected chi connectivity index (χ0v) is 17.0. The molecule has 1 N–H and O–H groups in total. The molecule has 0 atom stereocenters. The number of halogens is 4. The van der Waals surface area contributed by atoms with Crippen LogP contribution in [0.4, 0.5) is 18.9 Å². The Bertz CT molecular complexity index is 1080. The van der Waals surface area contributed by atoms with Crippen molar-refractivity contribution in [1.82, 2.24) is 19.6 Å². The Labute approximate surface area is 170 Å². The highest BCUT2D eigenvalue weighted by atomic mass is 35.5. The Morgan fingerprint density at radius 1 is 1.17 bits per heavy atom. The van der Waals surface area contributed by atoms with E-state index in [1.165, 1.54) is 7.05 Å². The van der Waals surface area contributed by atoms with Gasteiger partial charge in [-0.3, -0.25) is 14.2 Å². The van der Waals surface area contributed by atoms with E-state index in [1.54, 1.807) is 18.5 Å². The van der Waals surface area contributed by atoms with Gasteiger partial charge in [0.1, 0.15) is 10.7 Å². The maximum absolute atomic E-state index is 13.0. The lowest BCUT2D eigenvalue weighted by Crippen LogP contribution is -2.17. The second-order valence-electron chi connectivity index (χ2n) is 6.72. The van der Waals surface area contributed by atoms with E-state index < -0.39 is 22.8 Å². The van der Waals surface area contributed by atoms with Crippen molar-refractivity contribution in [2.75, 3.05) is 5.32 Å². The second kappa shape index (κ2) is 7.55. The molecule has 0 saturated heterocycles. The second-order valence-corrected chi connectivity index (χ2v) is 7.09. The molecule has 3 aromatic rings. The van der Waals surface area contributed by atoms with Crippen LogP contribution in [0.2, 0.25) is 5.02 Å². The fraction of sp³-hybridized carbons (Fsp3) is 0.316. The van der Waals surface area contributed by atoms with Crippen molar-refractivity contribution < 1.29 is 18.0 Å². The number of nitrogens with zero attached hydrogens (tertiary/aromatic N) is 4. The van der Waals surface area contributed by atoms with Gasteiger partial charge in [0.15, 0.2) is 5.69 Å². The molecule has 0 aliphatic rings. The smallest absolute Gasteiger partial charge is 0.317 e. The Balaban J connectivity index is 1.90. The molecular formula is C19H19ClF3N5O. The summed E-state index contributed by atoms with van der Waals surface area (Å²) in [5, 5.41) is 9.68. The highest BCUT2D eigenvalue weighted by Crippen LogP contribution is 2.35. The van der Waals surface area contributed by atoms with E-state index in [1.807, 2.05) is 31.2 Å².